The van der Waals surface area contributed by atoms with Crippen molar-refractivity contribution in [2.45, 2.75) is 45.8 Å². The molecule has 1 fully saturated rings. The molecule has 0 aromatic heterocycles. The molecule has 5 nitrogen and oxygen atoms in total. The number of amides is 1. The van der Waals surface area contributed by atoms with Gasteiger partial charge in [0.05, 0.1) is 6.10 Å². The van der Waals surface area contributed by atoms with Crippen LogP contribution in [0.15, 0.2) is 18.2 Å². The normalized spacial score (nSPS) is 23.1. The molecule has 0 spiro atoms. The van der Waals surface area contributed by atoms with Crippen molar-refractivity contribution >= 4 is 5.91 Å². The zero-order chi connectivity index (χ0) is 16.2. The van der Waals surface area contributed by atoms with Crippen molar-refractivity contribution in [2.75, 3.05) is 13.4 Å². The van der Waals surface area contributed by atoms with Crippen molar-refractivity contribution in [3.05, 3.63) is 23.8 Å². The van der Waals surface area contributed by atoms with Gasteiger partial charge in [-0.05, 0) is 42.4 Å². The molecule has 0 radical (unpaired) electrons. The minimum atomic E-state index is 0.108. The van der Waals surface area contributed by atoms with Crippen LogP contribution in [0.25, 0.3) is 0 Å². The average molecular weight is 319 g/mol. The Kier molecular flexibility index (Phi) is 5.06. The highest BCUT2D eigenvalue weighted by Gasteiger charge is 2.26. The van der Waals surface area contributed by atoms with Crippen LogP contribution in [0.3, 0.4) is 0 Å². The lowest BCUT2D eigenvalue weighted by Gasteiger charge is -2.31. The van der Waals surface area contributed by atoms with Gasteiger partial charge < -0.3 is 19.5 Å². The van der Waals surface area contributed by atoms with E-state index in [1.165, 1.54) is 0 Å². The maximum Gasteiger partial charge on any atom is 0.231 e. The lowest BCUT2D eigenvalue weighted by Crippen LogP contribution is -2.33. The Labute approximate surface area is 137 Å². The van der Waals surface area contributed by atoms with E-state index >= 15 is 0 Å². The summed E-state index contributed by atoms with van der Waals surface area (Å²) >= 11 is 0. The van der Waals surface area contributed by atoms with Gasteiger partial charge in [-0.1, -0.05) is 19.9 Å². The van der Waals surface area contributed by atoms with Crippen LogP contribution in [0.4, 0.5) is 0 Å². The molecule has 1 aromatic carbocycles. The quantitative estimate of drug-likeness (QED) is 0.906. The molecule has 0 saturated carbocycles. The number of nitrogens with one attached hydrogen (secondary N) is 1. The van der Waals surface area contributed by atoms with Crippen LogP contribution in [-0.2, 0) is 16.1 Å². The second-order valence-corrected chi connectivity index (χ2v) is 6.71. The van der Waals surface area contributed by atoms with E-state index in [1.54, 1.807) is 0 Å². The van der Waals surface area contributed by atoms with Crippen LogP contribution in [0, 0.1) is 11.8 Å². The predicted molar refractivity (Wildman–Crippen MR) is 86.3 cm³/mol. The number of ether oxygens (including phenoxy) is 3. The van der Waals surface area contributed by atoms with E-state index < -0.39 is 0 Å². The molecule has 0 bridgehead atoms. The third-order valence-corrected chi connectivity index (χ3v) is 4.57. The summed E-state index contributed by atoms with van der Waals surface area (Å²) in [5.41, 5.74) is 1.02. The van der Waals surface area contributed by atoms with E-state index in [0.29, 0.717) is 24.8 Å². The van der Waals surface area contributed by atoms with Crippen molar-refractivity contribution in [3.63, 3.8) is 0 Å². The van der Waals surface area contributed by atoms with Crippen LogP contribution < -0.4 is 14.8 Å². The van der Waals surface area contributed by atoms with Gasteiger partial charge in [0.2, 0.25) is 12.7 Å². The van der Waals surface area contributed by atoms with E-state index in [0.717, 1.165) is 36.5 Å². The van der Waals surface area contributed by atoms with E-state index in [-0.39, 0.29) is 18.8 Å². The molecule has 2 heterocycles. The van der Waals surface area contributed by atoms with Crippen LogP contribution in [0.2, 0.25) is 0 Å². The Balaban J connectivity index is 1.46. The van der Waals surface area contributed by atoms with Crippen molar-refractivity contribution in [1.82, 2.24) is 5.32 Å². The molecule has 2 aliphatic heterocycles. The largest absolute Gasteiger partial charge is 0.454 e. The van der Waals surface area contributed by atoms with Gasteiger partial charge in [0.1, 0.15) is 0 Å². The number of carbonyl (C=O) groups excluding carboxylic acids is 1. The fourth-order valence-corrected chi connectivity index (χ4v) is 3.14. The van der Waals surface area contributed by atoms with Gasteiger partial charge in [-0.15, -0.1) is 0 Å². The minimum Gasteiger partial charge on any atom is -0.454 e. The molecule has 3 rings (SSSR count). The van der Waals surface area contributed by atoms with Crippen molar-refractivity contribution < 1.29 is 19.0 Å². The van der Waals surface area contributed by atoms with Gasteiger partial charge in [-0.2, -0.15) is 0 Å². The first-order valence-electron chi connectivity index (χ1n) is 8.38. The molecule has 5 heteroatoms. The Morgan fingerprint density at radius 2 is 2.13 bits per heavy atom. The first-order chi connectivity index (χ1) is 11.1. The summed E-state index contributed by atoms with van der Waals surface area (Å²) < 4.78 is 16.4. The third-order valence-electron chi connectivity index (χ3n) is 4.57. The molecule has 0 aliphatic carbocycles. The summed E-state index contributed by atoms with van der Waals surface area (Å²) in [6.45, 7) is 5.90. The molecule has 1 amide bonds. The highest BCUT2D eigenvalue weighted by molar-refractivity contribution is 5.76. The highest BCUT2D eigenvalue weighted by atomic mass is 16.7. The fraction of sp³-hybridized carbons (Fsp3) is 0.611. The van der Waals surface area contributed by atoms with E-state index in [4.69, 9.17) is 14.2 Å². The van der Waals surface area contributed by atoms with Gasteiger partial charge >= 0.3 is 0 Å². The molecule has 1 aromatic rings. The van der Waals surface area contributed by atoms with Crippen LogP contribution in [0.1, 0.15) is 38.7 Å². The summed E-state index contributed by atoms with van der Waals surface area (Å²) in [5.74, 6) is 2.56. The van der Waals surface area contributed by atoms with E-state index in [1.807, 2.05) is 18.2 Å². The Morgan fingerprint density at radius 1 is 1.30 bits per heavy atom. The topological polar surface area (TPSA) is 56.8 Å². The van der Waals surface area contributed by atoms with E-state index in [2.05, 4.69) is 19.2 Å². The van der Waals surface area contributed by atoms with Crippen LogP contribution in [-0.4, -0.2) is 25.4 Å². The summed E-state index contributed by atoms with van der Waals surface area (Å²) in [7, 11) is 0. The predicted octanol–water partition coefficient (Wildman–Crippen LogP) is 2.87. The summed E-state index contributed by atoms with van der Waals surface area (Å²) in [6, 6.07) is 5.76. The van der Waals surface area contributed by atoms with E-state index in [9.17, 15) is 4.79 Å². The summed E-state index contributed by atoms with van der Waals surface area (Å²) in [5, 5.41) is 3.01. The van der Waals surface area contributed by atoms with Gasteiger partial charge in [0.25, 0.3) is 0 Å². The SMILES string of the molecule is CC(C)[C@H]1C[C@H](CC(=O)NCc2ccc3c(c2)OCO3)CCO1. The molecule has 2 atom stereocenters. The lowest BCUT2D eigenvalue weighted by molar-refractivity contribution is -0.123. The van der Waals surface area contributed by atoms with Crippen molar-refractivity contribution in [1.29, 1.82) is 0 Å². The van der Waals surface area contributed by atoms with Crippen LogP contribution >= 0.6 is 0 Å². The zero-order valence-corrected chi connectivity index (χ0v) is 13.8. The number of benzene rings is 1. The van der Waals surface area contributed by atoms with Gasteiger partial charge in [-0.3, -0.25) is 4.79 Å². The zero-order valence-electron chi connectivity index (χ0n) is 13.8. The molecule has 0 unspecified atom stereocenters. The summed E-state index contributed by atoms with van der Waals surface area (Å²) in [4.78, 5) is 12.2. The number of rotatable bonds is 5. The Morgan fingerprint density at radius 3 is 2.96 bits per heavy atom. The highest BCUT2D eigenvalue weighted by Crippen LogP contribution is 2.32. The molecule has 1 saturated heterocycles. The third kappa shape index (κ3) is 4.16. The smallest absolute Gasteiger partial charge is 0.231 e. The number of carbonyl (C=O) groups is 1. The molecular weight excluding hydrogens is 294 g/mol. The number of hydrogen-bond acceptors (Lipinski definition) is 4. The maximum atomic E-state index is 12.2. The Bertz CT molecular complexity index is 558. The van der Waals surface area contributed by atoms with Gasteiger partial charge in [-0.25, -0.2) is 0 Å². The minimum absolute atomic E-state index is 0.108. The first kappa shape index (κ1) is 16.1. The second kappa shape index (κ2) is 7.21. The second-order valence-electron chi connectivity index (χ2n) is 6.71. The number of fused-ring (bicyclic) bond motifs is 1. The lowest BCUT2D eigenvalue weighted by atomic mass is 9.88. The van der Waals surface area contributed by atoms with Gasteiger partial charge in [0.15, 0.2) is 11.5 Å². The molecule has 23 heavy (non-hydrogen) atoms. The van der Waals surface area contributed by atoms with Crippen molar-refractivity contribution in [2.24, 2.45) is 11.8 Å². The number of hydrogen-bond donors (Lipinski definition) is 1. The first-order valence-corrected chi connectivity index (χ1v) is 8.38. The monoisotopic (exact) mass is 319 g/mol. The standard InChI is InChI=1S/C18H25NO4/c1-12(2)16-7-13(5-6-21-16)9-18(20)19-10-14-3-4-15-17(8-14)23-11-22-15/h3-4,8,12-13,16H,5-7,9-11H2,1-2H3,(H,19,20)/t13-,16-/m1/s1. The average Bonchev–Trinajstić information content (AvgIpc) is 3.01. The molecule has 1 N–H and O–H groups in total. The fourth-order valence-electron chi connectivity index (χ4n) is 3.14. The maximum absolute atomic E-state index is 12.2. The summed E-state index contributed by atoms with van der Waals surface area (Å²) in [6.07, 6.45) is 2.82. The van der Waals surface area contributed by atoms with Gasteiger partial charge in [0, 0.05) is 19.6 Å². The molecular formula is C18H25NO4. The Hall–Kier alpha value is -1.75. The van der Waals surface area contributed by atoms with Crippen LogP contribution in [0.5, 0.6) is 11.5 Å². The molecule has 2 aliphatic rings. The molecule has 126 valence electrons. The van der Waals surface area contributed by atoms with Crippen molar-refractivity contribution in [3.8, 4) is 11.5 Å².